The van der Waals surface area contributed by atoms with Crippen LogP contribution in [-0.4, -0.2) is 19.1 Å². The van der Waals surface area contributed by atoms with Gasteiger partial charge in [0.1, 0.15) is 5.76 Å². The molecule has 0 aromatic heterocycles. The average molecular weight is 390 g/mol. The van der Waals surface area contributed by atoms with E-state index in [1.165, 1.54) is 12.1 Å². The fourth-order valence-corrected chi connectivity index (χ4v) is 3.97. The summed E-state index contributed by atoms with van der Waals surface area (Å²) < 4.78 is 11.9. The summed E-state index contributed by atoms with van der Waals surface area (Å²) in [5.74, 6) is 0.0137. The lowest BCUT2D eigenvalue weighted by Crippen LogP contribution is -2.33. The molecule has 0 radical (unpaired) electrons. The molecule has 0 saturated heterocycles. The number of allylic oxidation sites excluding steroid dienone is 3. The fraction of sp³-hybridized carbons (Fsp3) is 0.476. The maximum absolute atomic E-state index is 11.9. The number of nitrogens with zero attached hydrogens (tertiary/aromatic N) is 1. The maximum atomic E-state index is 11.9. The molecule has 1 N–H and O–H groups in total. The number of aliphatic hydroxyl groups is 1. The first-order valence-corrected chi connectivity index (χ1v) is 9.66. The molecule has 0 aliphatic heterocycles. The number of benzene rings is 1. The Kier molecular flexibility index (Phi) is 5.80. The van der Waals surface area contributed by atoms with Gasteiger partial charge in [-0.2, -0.15) is 0 Å². The van der Waals surface area contributed by atoms with E-state index in [2.05, 4.69) is 0 Å². The van der Waals surface area contributed by atoms with Gasteiger partial charge >= 0.3 is 0 Å². The minimum atomic E-state index is -0.430. The lowest BCUT2D eigenvalue weighted by molar-refractivity contribution is -0.384. The topological polar surface area (TPSA) is 80.4 Å². The summed E-state index contributed by atoms with van der Waals surface area (Å²) in [6, 6.07) is 6.37. The molecule has 2 rings (SSSR count). The van der Waals surface area contributed by atoms with Crippen molar-refractivity contribution >= 4 is 21.8 Å². The van der Waals surface area contributed by atoms with E-state index in [0.717, 1.165) is 16.7 Å². The van der Waals surface area contributed by atoms with Crippen LogP contribution in [0.4, 0.5) is 5.69 Å². The molecule has 1 aliphatic carbocycles. The fourth-order valence-electron chi connectivity index (χ4n) is 3.49. The first kappa shape index (κ1) is 21.1. The van der Waals surface area contributed by atoms with Crippen LogP contribution < -0.4 is 0 Å². The molecule has 1 aromatic rings. The van der Waals surface area contributed by atoms with Crippen molar-refractivity contribution in [1.29, 1.82) is 0 Å². The molecule has 1 unspecified atom stereocenters. The Bertz CT molecular complexity index is 861. The van der Waals surface area contributed by atoms with Crippen molar-refractivity contribution in [2.24, 2.45) is 16.7 Å². The van der Waals surface area contributed by atoms with E-state index >= 15 is 0 Å². The van der Waals surface area contributed by atoms with E-state index in [0.29, 0.717) is 22.5 Å². The molecule has 0 spiro atoms. The van der Waals surface area contributed by atoms with Gasteiger partial charge in [-0.25, -0.2) is 4.21 Å². The quantitative estimate of drug-likeness (QED) is 0.449. The number of hydrogen-bond acceptors (Lipinski definition) is 4. The number of nitro benzene ring substituents is 1. The Morgan fingerprint density at radius 1 is 1.07 bits per heavy atom. The van der Waals surface area contributed by atoms with Crippen LogP contribution in [0.3, 0.4) is 0 Å². The van der Waals surface area contributed by atoms with Crippen molar-refractivity contribution in [2.45, 2.75) is 48.0 Å². The normalized spacial score (nSPS) is 18.4. The molecular weight excluding hydrogens is 362 g/mol. The average Bonchev–Trinajstić information content (AvgIpc) is 2.53. The summed E-state index contributed by atoms with van der Waals surface area (Å²) in [6.07, 6.45) is 2.32. The standard InChI is InChI=1S/C21H27NO4S/c1-20(2,3)16-12-17(27-26)15(18(19(16)23)21(4,5)6)11-13-7-9-14(10-8-13)22(24)25/h7-10,12,15,23H,11H2,1-6H3. The highest BCUT2D eigenvalue weighted by molar-refractivity contribution is 7.67. The Labute approximate surface area is 164 Å². The van der Waals surface area contributed by atoms with Gasteiger partial charge in [0.15, 0.2) is 0 Å². The molecule has 1 aromatic carbocycles. The van der Waals surface area contributed by atoms with Gasteiger partial charge in [-0.3, -0.25) is 10.1 Å². The highest BCUT2D eigenvalue weighted by atomic mass is 32.1. The molecule has 5 nitrogen and oxygen atoms in total. The monoisotopic (exact) mass is 389 g/mol. The van der Waals surface area contributed by atoms with E-state index in [1.54, 1.807) is 12.1 Å². The van der Waals surface area contributed by atoms with Crippen LogP contribution in [0.1, 0.15) is 47.1 Å². The van der Waals surface area contributed by atoms with Gasteiger partial charge in [-0.05, 0) is 34.5 Å². The van der Waals surface area contributed by atoms with Crippen LogP contribution in [0.25, 0.3) is 0 Å². The van der Waals surface area contributed by atoms with Crippen LogP contribution in [0.5, 0.6) is 0 Å². The first-order chi connectivity index (χ1) is 12.4. The van der Waals surface area contributed by atoms with E-state index in [-0.39, 0.29) is 28.2 Å². The number of nitro groups is 1. The van der Waals surface area contributed by atoms with Crippen molar-refractivity contribution < 1.29 is 14.2 Å². The smallest absolute Gasteiger partial charge is 0.269 e. The molecule has 0 amide bonds. The first-order valence-electron chi connectivity index (χ1n) is 8.92. The Hall–Kier alpha value is -2.21. The summed E-state index contributed by atoms with van der Waals surface area (Å²) >= 11 is 0.460. The largest absolute Gasteiger partial charge is 0.508 e. The third-order valence-corrected chi connectivity index (χ3v) is 5.38. The zero-order chi connectivity index (χ0) is 20.6. The highest BCUT2D eigenvalue weighted by Crippen LogP contribution is 2.44. The Balaban J connectivity index is 2.55. The molecule has 0 bridgehead atoms. The summed E-state index contributed by atoms with van der Waals surface area (Å²) in [4.78, 5) is 11.1. The van der Waals surface area contributed by atoms with E-state index in [9.17, 15) is 19.4 Å². The van der Waals surface area contributed by atoms with Gasteiger partial charge in [-0.1, -0.05) is 53.7 Å². The lowest BCUT2D eigenvalue weighted by atomic mass is 9.68. The summed E-state index contributed by atoms with van der Waals surface area (Å²) in [7, 11) is 0. The van der Waals surface area contributed by atoms with Gasteiger partial charge in [-0.15, -0.1) is 0 Å². The van der Waals surface area contributed by atoms with Crippen LogP contribution in [0.2, 0.25) is 0 Å². The lowest BCUT2D eigenvalue weighted by Gasteiger charge is -2.37. The summed E-state index contributed by atoms with van der Waals surface area (Å²) in [5.41, 5.74) is 1.91. The molecule has 0 saturated carbocycles. The van der Waals surface area contributed by atoms with E-state index in [1.807, 2.05) is 47.6 Å². The van der Waals surface area contributed by atoms with Gasteiger partial charge in [0.2, 0.25) is 0 Å². The second-order valence-electron chi connectivity index (χ2n) is 8.99. The maximum Gasteiger partial charge on any atom is 0.269 e. The zero-order valence-electron chi connectivity index (χ0n) is 16.7. The van der Waals surface area contributed by atoms with Crippen molar-refractivity contribution in [2.75, 3.05) is 0 Å². The van der Waals surface area contributed by atoms with Crippen LogP contribution in [0, 0.1) is 26.9 Å². The number of aliphatic hydroxyl groups excluding tert-OH is 1. The molecule has 0 heterocycles. The van der Waals surface area contributed by atoms with Crippen molar-refractivity contribution in [3.63, 3.8) is 0 Å². The second kappa shape index (κ2) is 7.43. The van der Waals surface area contributed by atoms with Crippen LogP contribution >= 0.6 is 0 Å². The molecule has 0 fully saturated rings. The highest BCUT2D eigenvalue weighted by Gasteiger charge is 2.38. The number of hydrogen-bond donors (Lipinski definition) is 1. The zero-order valence-corrected chi connectivity index (χ0v) is 17.5. The van der Waals surface area contributed by atoms with Crippen LogP contribution in [-0.2, 0) is 17.7 Å². The van der Waals surface area contributed by atoms with Gasteiger partial charge in [0.05, 0.1) is 21.0 Å². The molecule has 27 heavy (non-hydrogen) atoms. The molecule has 6 heteroatoms. The van der Waals surface area contributed by atoms with Crippen molar-refractivity contribution in [3.05, 3.63) is 62.9 Å². The van der Waals surface area contributed by atoms with Crippen LogP contribution in [0.15, 0.2) is 47.2 Å². The second-order valence-corrected chi connectivity index (χ2v) is 9.62. The Morgan fingerprint density at radius 2 is 1.63 bits per heavy atom. The summed E-state index contributed by atoms with van der Waals surface area (Å²) in [6.45, 7) is 12.1. The number of non-ortho nitro benzene ring substituents is 1. The third-order valence-electron chi connectivity index (χ3n) is 4.79. The van der Waals surface area contributed by atoms with E-state index in [4.69, 9.17) is 0 Å². The molecular formula is C21H27NO4S. The van der Waals surface area contributed by atoms with Crippen molar-refractivity contribution in [3.8, 4) is 0 Å². The van der Waals surface area contributed by atoms with Gasteiger partial charge in [0.25, 0.3) is 5.69 Å². The molecule has 146 valence electrons. The SMILES string of the molecule is CC(C)(C)C1=CC(=S=O)C(Cc2ccc([N+](=O)[O-])cc2)C(C(C)(C)C)=C1O. The Morgan fingerprint density at radius 3 is 2.04 bits per heavy atom. The predicted molar refractivity (Wildman–Crippen MR) is 110 cm³/mol. The number of rotatable bonds is 3. The van der Waals surface area contributed by atoms with Gasteiger partial charge < -0.3 is 5.11 Å². The summed E-state index contributed by atoms with van der Waals surface area (Å²) in [5, 5.41) is 21.9. The van der Waals surface area contributed by atoms with Gasteiger partial charge in [0, 0.05) is 23.6 Å². The molecule has 1 aliphatic rings. The minimum absolute atomic E-state index is 0.0362. The molecule has 1 atom stereocenters. The van der Waals surface area contributed by atoms with E-state index < -0.39 is 4.92 Å². The van der Waals surface area contributed by atoms with Crippen molar-refractivity contribution in [1.82, 2.24) is 0 Å². The predicted octanol–water partition coefficient (Wildman–Crippen LogP) is 4.98. The third kappa shape index (κ3) is 4.56. The minimum Gasteiger partial charge on any atom is -0.508 e.